The lowest BCUT2D eigenvalue weighted by molar-refractivity contribution is -0.146. The van der Waals surface area contributed by atoms with Crippen molar-refractivity contribution in [1.82, 2.24) is 10.3 Å². The van der Waals surface area contributed by atoms with Crippen LogP contribution in [0, 0.1) is 6.92 Å². The number of thiazole rings is 1. The van der Waals surface area contributed by atoms with E-state index in [0.717, 1.165) is 10.7 Å². The summed E-state index contributed by atoms with van der Waals surface area (Å²) in [7, 11) is 0. The number of ether oxygens (including phenoxy) is 1. The lowest BCUT2D eigenvalue weighted by atomic mass is 10.1. The number of carbonyl (C=O) groups excluding carboxylic acids is 2. The number of hydrogen-bond acceptors (Lipinski definition) is 5. The predicted octanol–water partition coefficient (Wildman–Crippen LogP) is 1.76. The molecule has 5 nitrogen and oxygen atoms in total. The molecule has 0 fully saturated rings. The molecule has 0 aromatic carbocycles. The number of amides is 1. The smallest absolute Gasteiger partial charge is 0.315 e. The third-order valence-corrected chi connectivity index (χ3v) is 3.50. The minimum atomic E-state index is -0.581. The number of rotatable bonds is 5. The van der Waals surface area contributed by atoms with Gasteiger partial charge in [0.25, 0.3) is 0 Å². The van der Waals surface area contributed by atoms with Crippen molar-refractivity contribution in [1.29, 1.82) is 0 Å². The minimum absolute atomic E-state index is 0.262. The molecule has 1 N–H and O–H groups in total. The van der Waals surface area contributed by atoms with Gasteiger partial charge < -0.3 is 10.1 Å². The van der Waals surface area contributed by atoms with E-state index < -0.39 is 11.5 Å². The summed E-state index contributed by atoms with van der Waals surface area (Å²) >= 11 is 1.49. The summed E-state index contributed by atoms with van der Waals surface area (Å²) in [5, 5.41) is 5.53. The number of esters is 1. The zero-order valence-corrected chi connectivity index (χ0v) is 11.9. The maximum absolute atomic E-state index is 11.7. The highest BCUT2D eigenvalue weighted by atomic mass is 32.1. The second-order valence-corrected chi connectivity index (χ2v) is 5.31. The van der Waals surface area contributed by atoms with Crippen LogP contribution in [0.3, 0.4) is 0 Å². The van der Waals surface area contributed by atoms with Gasteiger partial charge in [0.05, 0.1) is 12.1 Å². The Morgan fingerprint density at radius 2 is 2.17 bits per heavy atom. The number of aryl methyl sites for hydroxylation is 1. The van der Waals surface area contributed by atoms with Gasteiger partial charge in [0.1, 0.15) is 11.4 Å². The van der Waals surface area contributed by atoms with E-state index in [4.69, 9.17) is 4.74 Å². The first kappa shape index (κ1) is 14.6. The average molecular weight is 270 g/mol. The molecular weight excluding hydrogens is 252 g/mol. The molecule has 1 aromatic heterocycles. The summed E-state index contributed by atoms with van der Waals surface area (Å²) in [6.07, 6.45) is -0.262. The zero-order chi connectivity index (χ0) is 13.8. The second-order valence-electron chi connectivity index (χ2n) is 4.45. The number of aromatic nitrogens is 1. The van der Waals surface area contributed by atoms with Gasteiger partial charge in [-0.1, -0.05) is 0 Å². The summed E-state index contributed by atoms with van der Waals surface area (Å²) in [5.74, 6) is -0.868. The Balaban J connectivity index is 2.60. The monoisotopic (exact) mass is 270 g/mol. The highest BCUT2D eigenvalue weighted by Gasteiger charge is 2.26. The lowest BCUT2D eigenvalue weighted by Gasteiger charge is -2.23. The van der Waals surface area contributed by atoms with Crippen molar-refractivity contribution in [2.45, 2.75) is 39.7 Å². The third kappa shape index (κ3) is 4.10. The molecule has 1 amide bonds. The van der Waals surface area contributed by atoms with Crippen molar-refractivity contribution in [2.24, 2.45) is 0 Å². The van der Waals surface area contributed by atoms with Gasteiger partial charge in [-0.25, -0.2) is 4.98 Å². The van der Waals surface area contributed by atoms with Crippen LogP contribution in [-0.4, -0.2) is 23.5 Å². The van der Waals surface area contributed by atoms with Gasteiger partial charge in [0.15, 0.2) is 0 Å². The Hall–Kier alpha value is -1.43. The van der Waals surface area contributed by atoms with E-state index in [0.29, 0.717) is 0 Å². The van der Waals surface area contributed by atoms with Crippen LogP contribution in [-0.2, 0) is 19.9 Å². The number of hydrogen-bond donors (Lipinski definition) is 1. The largest absolute Gasteiger partial charge is 0.466 e. The average Bonchev–Trinajstić information content (AvgIpc) is 2.64. The van der Waals surface area contributed by atoms with E-state index in [9.17, 15) is 9.59 Å². The summed E-state index contributed by atoms with van der Waals surface area (Å²) in [6.45, 7) is 7.60. The van der Waals surface area contributed by atoms with Gasteiger partial charge >= 0.3 is 5.97 Å². The molecule has 0 aliphatic rings. The summed E-state index contributed by atoms with van der Waals surface area (Å²) in [6, 6.07) is 0. The molecule has 1 heterocycles. The SMILES string of the molecule is CCOC(=O)CC(=O)NC(C)(C)c1nc(C)cs1. The zero-order valence-electron chi connectivity index (χ0n) is 11.1. The van der Waals surface area contributed by atoms with Gasteiger partial charge in [-0.3, -0.25) is 9.59 Å². The van der Waals surface area contributed by atoms with Gasteiger partial charge in [-0.05, 0) is 27.7 Å². The molecule has 0 aliphatic heterocycles. The van der Waals surface area contributed by atoms with Crippen molar-refractivity contribution in [2.75, 3.05) is 6.61 Å². The van der Waals surface area contributed by atoms with Crippen molar-refractivity contribution in [3.05, 3.63) is 16.1 Å². The van der Waals surface area contributed by atoms with Crippen molar-refractivity contribution in [3.63, 3.8) is 0 Å². The first-order valence-electron chi connectivity index (χ1n) is 5.74. The van der Waals surface area contributed by atoms with Crippen LogP contribution in [0.4, 0.5) is 0 Å². The molecule has 0 saturated heterocycles. The Bertz CT molecular complexity index is 440. The third-order valence-electron chi connectivity index (χ3n) is 2.22. The predicted molar refractivity (Wildman–Crippen MR) is 69.3 cm³/mol. The van der Waals surface area contributed by atoms with E-state index in [1.165, 1.54) is 11.3 Å². The van der Waals surface area contributed by atoms with Crippen LogP contribution in [0.25, 0.3) is 0 Å². The minimum Gasteiger partial charge on any atom is -0.466 e. The standard InChI is InChI=1S/C12H18N2O3S/c1-5-17-10(16)6-9(15)14-12(3,4)11-13-8(2)7-18-11/h7H,5-6H2,1-4H3,(H,14,15). The molecule has 1 rings (SSSR count). The second kappa shape index (κ2) is 5.95. The van der Waals surface area contributed by atoms with Crippen molar-refractivity contribution < 1.29 is 14.3 Å². The first-order chi connectivity index (χ1) is 8.35. The number of nitrogens with one attached hydrogen (secondary N) is 1. The molecule has 0 radical (unpaired) electrons. The fraction of sp³-hybridized carbons (Fsp3) is 0.583. The van der Waals surface area contributed by atoms with Crippen molar-refractivity contribution >= 4 is 23.2 Å². The van der Waals surface area contributed by atoms with E-state index in [1.54, 1.807) is 6.92 Å². The van der Waals surface area contributed by atoms with Crippen LogP contribution in [0.5, 0.6) is 0 Å². The molecule has 1 aromatic rings. The summed E-state index contributed by atoms with van der Waals surface area (Å²) < 4.78 is 4.72. The van der Waals surface area contributed by atoms with E-state index in [-0.39, 0.29) is 18.9 Å². The number of carbonyl (C=O) groups is 2. The van der Waals surface area contributed by atoms with Crippen LogP contribution in [0.15, 0.2) is 5.38 Å². The van der Waals surface area contributed by atoms with Gasteiger partial charge in [-0.15, -0.1) is 11.3 Å². The Labute approximate surface area is 111 Å². The molecular formula is C12H18N2O3S. The normalized spacial score (nSPS) is 11.1. The maximum atomic E-state index is 11.7. The summed E-state index contributed by atoms with van der Waals surface area (Å²) in [5.41, 5.74) is 0.338. The van der Waals surface area contributed by atoms with Gasteiger partial charge in [-0.2, -0.15) is 0 Å². The van der Waals surface area contributed by atoms with Gasteiger partial charge in [0.2, 0.25) is 5.91 Å². The molecule has 0 bridgehead atoms. The van der Waals surface area contributed by atoms with Crippen molar-refractivity contribution in [3.8, 4) is 0 Å². The topological polar surface area (TPSA) is 68.3 Å². The molecule has 0 aliphatic carbocycles. The molecule has 100 valence electrons. The molecule has 0 saturated carbocycles. The molecule has 0 atom stereocenters. The molecule has 6 heteroatoms. The Morgan fingerprint density at radius 1 is 1.50 bits per heavy atom. The van der Waals surface area contributed by atoms with E-state index >= 15 is 0 Å². The maximum Gasteiger partial charge on any atom is 0.315 e. The Kier molecular flexibility index (Phi) is 4.84. The van der Waals surface area contributed by atoms with Crippen LogP contribution in [0.2, 0.25) is 0 Å². The quantitative estimate of drug-likeness (QED) is 0.654. The van der Waals surface area contributed by atoms with Gasteiger partial charge in [0, 0.05) is 11.1 Å². The van der Waals surface area contributed by atoms with Crippen LogP contribution < -0.4 is 5.32 Å². The van der Waals surface area contributed by atoms with E-state index in [1.807, 2.05) is 26.2 Å². The highest BCUT2D eigenvalue weighted by Crippen LogP contribution is 2.23. The highest BCUT2D eigenvalue weighted by molar-refractivity contribution is 7.09. The lowest BCUT2D eigenvalue weighted by Crippen LogP contribution is -2.41. The molecule has 18 heavy (non-hydrogen) atoms. The van der Waals surface area contributed by atoms with Crippen LogP contribution in [0.1, 0.15) is 37.9 Å². The fourth-order valence-electron chi connectivity index (χ4n) is 1.43. The molecule has 0 spiro atoms. The first-order valence-corrected chi connectivity index (χ1v) is 6.62. The van der Waals surface area contributed by atoms with E-state index in [2.05, 4.69) is 10.3 Å². The Morgan fingerprint density at radius 3 is 2.67 bits per heavy atom. The van der Waals surface area contributed by atoms with Crippen LogP contribution >= 0.6 is 11.3 Å². The fourth-order valence-corrected chi connectivity index (χ4v) is 2.31. The summed E-state index contributed by atoms with van der Waals surface area (Å²) in [4.78, 5) is 27.2. The number of nitrogens with zero attached hydrogens (tertiary/aromatic N) is 1. The molecule has 0 unspecified atom stereocenters.